The van der Waals surface area contributed by atoms with E-state index in [0.717, 1.165) is 16.8 Å². The third-order valence-electron chi connectivity index (χ3n) is 2.64. The lowest BCUT2D eigenvalue weighted by molar-refractivity contribution is 0.593. The number of rotatable bonds is 2. The van der Waals surface area contributed by atoms with Crippen LogP contribution in [-0.2, 0) is 0 Å². The topological polar surface area (TPSA) is 38.4 Å². The van der Waals surface area contributed by atoms with Crippen LogP contribution in [0.25, 0.3) is 11.1 Å². The average molecular weight is 236 g/mol. The second kappa shape index (κ2) is 4.45. The van der Waals surface area contributed by atoms with Gasteiger partial charge in [0.25, 0.3) is 0 Å². The quantitative estimate of drug-likeness (QED) is 0.633. The number of nitrogens with zero attached hydrogens (tertiary/aromatic N) is 2. The highest BCUT2D eigenvalue weighted by Crippen LogP contribution is 2.16. The third-order valence-corrected chi connectivity index (χ3v) is 2.64. The minimum absolute atomic E-state index is 0.527. The fourth-order valence-electron chi connectivity index (χ4n) is 1.75. The lowest BCUT2D eigenvalue weighted by Gasteiger charge is -1.88. The molecule has 0 atom stereocenters. The molecule has 0 aliphatic rings. The summed E-state index contributed by atoms with van der Waals surface area (Å²) >= 11 is 0. The molecule has 0 radical (unpaired) electrons. The standard InChI is InChI=1S/C15H12N2O/c1-11-7-8-14-13(9-11)17-15(18-14)10-16-12-5-3-2-4-6-12/h2-10H,1H3. The van der Waals surface area contributed by atoms with Crippen LogP contribution in [0, 0.1) is 6.92 Å². The first kappa shape index (κ1) is 10.7. The zero-order chi connectivity index (χ0) is 12.4. The van der Waals surface area contributed by atoms with E-state index in [4.69, 9.17) is 4.42 Å². The third kappa shape index (κ3) is 2.15. The fraction of sp³-hybridized carbons (Fsp3) is 0.0667. The predicted molar refractivity (Wildman–Crippen MR) is 72.4 cm³/mol. The molecular formula is C15H12N2O. The van der Waals surface area contributed by atoms with E-state index in [0.29, 0.717) is 5.89 Å². The van der Waals surface area contributed by atoms with Crippen molar-refractivity contribution in [1.29, 1.82) is 0 Å². The Morgan fingerprint density at radius 2 is 1.94 bits per heavy atom. The molecule has 0 saturated heterocycles. The SMILES string of the molecule is Cc1ccc2oc(C=Nc3ccccc3)nc2c1. The highest BCUT2D eigenvalue weighted by molar-refractivity contribution is 5.82. The Hall–Kier alpha value is -2.42. The van der Waals surface area contributed by atoms with Crippen molar-refractivity contribution in [3.05, 3.63) is 60.0 Å². The molecule has 0 saturated carbocycles. The van der Waals surface area contributed by atoms with Crippen molar-refractivity contribution >= 4 is 23.0 Å². The van der Waals surface area contributed by atoms with Crippen molar-refractivity contribution in [2.75, 3.05) is 0 Å². The number of aryl methyl sites for hydroxylation is 1. The molecule has 1 aromatic heterocycles. The van der Waals surface area contributed by atoms with E-state index in [1.807, 2.05) is 55.5 Å². The van der Waals surface area contributed by atoms with Gasteiger partial charge in [0.1, 0.15) is 5.52 Å². The zero-order valence-electron chi connectivity index (χ0n) is 10.00. The normalized spacial score (nSPS) is 11.4. The van der Waals surface area contributed by atoms with Crippen molar-refractivity contribution in [3.8, 4) is 0 Å². The van der Waals surface area contributed by atoms with Crippen molar-refractivity contribution < 1.29 is 4.42 Å². The van der Waals surface area contributed by atoms with Gasteiger partial charge in [-0.05, 0) is 36.8 Å². The van der Waals surface area contributed by atoms with Crippen molar-refractivity contribution in [2.24, 2.45) is 4.99 Å². The molecule has 3 aromatic rings. The Kier molecular flexibility index (Phi) is 2.65. The summed E-state index contributed by atoms with van der Waals surface area (Å²) in [5, 5.41) is 0. The number of aliphatic imine (C=N–C) groups is 1. The van der Waals surface area contributed by atoms with Crippen LogP contribution in [0.2, 0.25) is 0 Å². The number of fused-ring (bicyclic) bond motifs is 1. The van der Waals surface area contributed by atoms with Gasteiger partial charge < -0.3 is 4.42 Å². The van der Waals surface area contributed by atoms with Gasteiger partial charge in [-0.3, -0.25) is 4.99 Å². The number of benzene rings is 2. The highest BCUT2D eigenvalue weighted by Gasteiger charge is 2.02. The second-order valence-corrected chi connectivity index (χ2v) is 4.12. The predicted octanol–water partition coefficient (Wildman–Crippen LogP) is 3.89. The van der Waals surface area contributed by atoms with Crippen molar-refractivity contribution in [3.63, 3.8) is 0 Å². The van der Waals surface area contributed by atoms with E-state index in [-0.39, 0.29) is 0 Å². The van der Waals surface area contributed by atoms with Crippen molar-refractivity contribution in [2.45, 2.75) is 6.92 Å². The van der Waals surface area contributed by atoms with Gasteiger partial charge in [0, 0.05) is 0 Å². The van der Waals surface area contributed by atoms with E-state index in [2.05, 4.69) is 9.98 Å². The number of aromatic nitrogens is 1. The molecule has 3 nitrogen and oxygen atoms in total. The number of para-hydroxylation sites is 1. The first-order valence-electron chi connectivity index (χ1n) is 5.77. The lowest BCUT2D eigenvalue weighted by atomic mass is 10.2. The van der Waals surface area contributed by atoms with Gasteiger partial charge in [-0.25, -0.2) is 4.98 Å². The Morgan fingerprint density at radius 3 is 2.78 bits per heavy atom. The van der Waals surface area contributed by atoms with Gasteiger partial charge in [0.15, 0.2) is 5.58 Å². The number of oxazole rings is 1. The van der Waals surface area contributed by atoms with E-state index >= 15 is 0 Å². The van der Waals surface area contributed by atoms with Crippen LogP contribution in [0.4, 0.5) is 5.69 Å². The second-order valence-electron chi connectivity index (χ2n) is 4.12. The monoisotopic (exact) mass is 236 g/mol. The van der Waals surface area contributed by atoms with E-state index in [1.165, 1.54) is 5.56 Å². The largest absolute Gasteiger partial charge is 0.435 e. The van der Waals surface area contributed by atoms with Crippen LogP contribution in [0.5, 0.6) is 0 Å². The van der Waals surface area contributed by atoms with Crippen LogP contribution in [-0.4, -0.2) is 11.2 Å². The van der Waals surface area contributed by atoms with Crippen LogP contribution in [0.3, 0.4) is 0 Å². The number of hydrogen-bond donors (Lipinski definition) is 0. The molecule has 0 N–H and O–H groups in total. The summed E-state index contributed by atoms with van der Waals surface area (Å²) in [5.74, 6) is 0.527. The average Bonchev–Trinajstić information content (AvgIpc) is 2.79. The Morgan fingerprint density at radius 1 is 1.11 bits per heavy atom. The first-order valence-corrected chi connectivity index (χ1v) is 5.77. The minimum atomic E-state index is 0.527. The van der Waals surface area contributed by atoms with Gasteiger partial charge in [0.05, 0.1) is 11.9 Å². The molecule has 3 heteroatoms. The van der Waals surface area contributed by atoms with Gasteiger partial charge in [-0.15, -0.1) is 0 Å². The maximum absolute atomic E-state index is 5.58. The molecule has 0 unspecified atom stereocenters. The van der Waals surface area contributed by atoms with E-state index < -0.39 is 0 Å². The van der Waals surface area contributed by atoms with Crippen LogP contribution in [0.1, 0.15) is 11.5 Å². The highest BCUT2D eigenvalue weighted by atomic mass is 16.3. The molecule has 88 valence electrons. The maximum atomic E-state index is 5.58. The minimum Gasteiger partial charge on any atom is -0.435 e. The summed E-state index contributed by atoms with van der Waals surface area (Å²) in [6.45, 7) is 2.03. The molecule has 0 aliphatic carbocycles. The molecule has 3 rings (SSSR count). The molecule has 0 amide bonds. The summed E-state index contributed by atoms with van der Waals surface area (Å²) in [6, 6.07) is 15.7. The van der Waals surface area contributed by atoms with Gasteiger partial charge >= 0.3 is 0 Å². The molecule has 18 heavy (non-hydrogen) atoms. The maximum Gasteiger partial charge on any atom is 0.238 e. The van der Waals surface area contributed by atoms with E-state index in [9.17, 15) is 0 Å². The Labute approximate surface area is 105 Å². The molecule has 0 spiro atoms. The Balaban J connectivity index is 1.93. The van der Waals surface area contributed by atoms with Crippen LogP contribution in [0.15, 0.2) is 57.9 Å². The molecule has 0 bridgehead atoms. The summed E-state index contributed by atoms with van der Waals surface area (Å²) in [5.41, 5.74) is 3.71. The lowest BCUT2D eigenvalue weighted by Crippen LogP contribution is -1.78. The summed E-state index contributed by atoms with van der Waals surface area (Å²) in [7, 11) is 0. The fourth-order valence-corrected chi connectivity index (χ4v) is 1.75. The molecular weight excluding hydrogens is 224 g/mol. The number of hydrogen-bond acceptors (Lipinski definition) is 3. The van der Waals surface area contributed by atoms with E-state index in [1.54, 1.807) is 6.21 Å². The summed E-state index contributed by atoms with van der Waals surface area (Å²) in [4.78, 5) is 8.69. The van der Waals surface area contributed by atoms with Gasteiger partial charge in [0.2, 0.25) is 5.89 Å². The first-order chi connectivity index (χ1) is 8.81. The molecule has 0 aliphatic heterocycles. The van der Waals surface area contributed by atoms with Crippen molar-refractivity contribution in [1.82, 2.24) is 4.98 Å². The Bertz CT molecular complexity index is 699. The van der Waals surface area contributed by atoms with Gasteiger partial charge in [-0.2, -0.15) is 0 Å². The summed E-state index contributed by atoms with van der Waals surface area (Å²) < 4.78 is 5.58. The smallest absolute Gasteiger partial charge is 0.238 e. The van der Waals surface area contributed by atoms with Crippen LogP contribution >= 0.6 is 0 Å². The molecule has 1 heterocycles. The van der Waals surface area contributed by atoms with Crippen LogP contribution < -0.4 is 0 Å². The molecule has 2 aromatic carbocycles. The molecule has 0 fully saturated rings. The van der Waals surface area contributed by atoms with Gasteiger partial charge in [-0.1, -0.05) is 24.3 Å². The summed E-state index contributed by atoms with van der Waals surface area (Å²) in [6.07, 6.45) is 1.64. The zero-order valence-corrected chi connectivity index (χ0v) is 10.00.